The van der Waals surface area contributed by atoms with Crippen LogP contribution in [0, 0.1) is 0 Å². The fraction of sp³-hybridized carbons (Fsp3) is 0.250. The molecule has 0 aliphatic rings. The van der Waals surface area contributed by atoms with Crippen molar-refractivity contribution in [3.8, 4) is 17.2 Å². The topological polar surface area (TPSA) is 72.7 Å². The molecule has 2 aromatic rings. The Balaban J connectivity index is 2.12. The van der Waals surface area contributed by atoms with Crippen LogP contribution in [0.15, 0.2) is 36.4 Å². The van der Waals surface area contributed by atoms with Gasteiger partial charge in [0.2, 0.25) is 5.75 Å². The van der Waals surface area contributed by atoms with Crippen molar-refractivity contribution in [1.82, 2.24) is 5.32 Å². The molecule has 1 atom stereocenters. The molecule has 0 amide bonds. The van der Waals surface area contributed by atoms with E-state index in [1.807, 2.05) is 31.2 Å². The van der Waals surface area contributed by atoms with Crippen LogP contribution in [0.25, 0.3) is 0 Å². The quantitative estimate of drug-likeness (QED) is 0.636. The Morgan fingerprint density at radius 1 is 1.10 bits per heavy atom. The summed E-state index contributed by atoms with van der Waals surface area (Å²) in [6.45, 7) is 2.41. The van der Waals surface area contributed by atoms with Crippen LogP contribution in [-0.4, -0.2) is 15.3 Å². The molecular weight excluding hydrogens is 290 g/mol. The van der Waals surface area contributed by atoms with Gasteiger partial charge in [0, 0.05) is 23.2 Å². The summed E-state index contributed by atoms with van der Waals surface area (Å²) in [4.78, 5) is 0. The van der Waals surface area contributed by atoms with Gasteiger partial charge in [0.15, 0.2) is 11.5 Å². The molecule has 2 rings (SSSR count). The highest BCUT2D eigenvalue weighted by Crippen LogP contribution is 2.37. The molecule has 21 heavy (non-hydrogen) atoms. The van der Waals surface area contributed by atoms with Crippen molar-refractivity contribution in [3.63, 3.8) is 0 Å². The molecule has 1 unspecified atom stereocenters. The van der Waals surface area contributed by atoms with Crippen molar-refractivity contribution in [2.24, 2.45) is 0 Å². The second-order valence-corrected chi connectivity index (χ2v) is 5.27. The number of benzene rings is 2. The molecule has 0 fully saturated rings. The maximum atomic E-state index is 9.81. The predicted octanol–water partition coefficient (Wildman–Crippen LogP) is 3.70. The van der Waals surface area contributed by atoms with E-state index < -0.39 is 5.75 Å². The maximum Gasteiger partial charge on any atom is 0.200 e. The molecule has 112 valence electrons. The highest BCUT2D eigenvalue weighted by molar-refractivity contribution is 6.30. The van der Waals surface area contributed by atoms with Crippen molar-refractivity contribution in [1.29, 1.82) is 0 Å². The number of phenols is 3. The van der Waals surface area contributed by atoms with E-state index in [9.17, 15) is 15.3 Å². The normalized spacial score (nSPS) is 12.3. The second-order valence-electron chi connectivity index (χ2n) is 4.84. The third-order valence-electron chi connectivity index (χ3n) is 3.41. The molecule has 4 N–H and O–H groups in total. The fourth-order valence-electron chi connectivity index (χ4n) is 2.21. The lowest BCUT2D eigenvalue weighted by Gasteiger charge is -2.18. The fourth-order valence-corrected chi connectivity index (χ4v) is 2.41. The van der Waals surface area contributed by atoms with E-state index in [0.29, 0.717) is 17.1 Å². The van der Waals surface area contributed by atoms with Crippen LogP contribution in [0.4, 0.5) is 0 Å². The number of aromatic hydroxyl groups is 3. The zero-order valence-corrected chi connectivity index (χ0v) is 12.4. The van der Waals surface area contributed by atoms with Crippen LogP contribution in [0.2, 0.25) is 5.02 Å². The Morgan fingerprint density at radius 3 is 2.52 bits per heavy atom. The molecule has 5 heteroatoms. The van der Waals surface area contributed by atoms with E-state index in [1.54, 1.807) is 6.07 Å². The van der Waals surface area contributed by atoms with E-state index in [0.717, 1.165) is 12.0 Å². The summed E-state index contributed by atoms with van der Waals surface area (Å²) >= 11 is 6.00. The van der Waals surface area contributed by atoms with Crippen LogP contribution < -0.4 is 5.32 Å². The number of phenolic OH excluding ortho intramolecular Hbond substituents is 3. The van der Waals surface area contributed by atoms with Crippen LogP contribution in [0.1, 0.15) is 30.5 Å². The summed E-state index contributed by atoms with van der Waals surface area (Å²) in [6.07, 6.45) is 0.852. The zero-order valence-electron chi connectivity index (χ0n) is 11.7. The predicted molar refractivity (Wildman–Crippen MR) is 82.8 cm³/mol. The lowest BCUT2D eigenvalue weighted by Crippen LogP contribution is -2.20. The van der Waals surface area contributed by atoms with Crippen molar-refractivity contribution in [2.75, 3.05) is 0 Å². The number of hydrogen-bond donors (Lipinski definition) is 4. The van der Waals surface area contributed by atoms with E-state index in [1.165, 1.54) is 6.07 Å². The molecule has 0 saturated heterocycles. The lowest BCUT2D eigenvalue weighted by atomic mass is 10.0. The van der Waals surface area contributed by atoms with E-state index in [2.05, 4.69) is 5.32 Å². The Hall–Kier alpha value is -1.91. The smallest absolute Gasteiger partial charge is 0.200 e. The molecule has 0 aromatic heterocycles. The van der Waals surface area contributed by atoms with Gasteiger partial charge in [-0.1, -0.05) is 36.7 Å². The summed E-state index contributed by atoms with van der Waals surface area (Å²) in [5, 5.41) is 32.6. The Kier molecular flexibility index (Phi) is 4.94. The highest BCUT2D eigenvalue weighted by atomic mass is 35.5. The molecule has 0 spiro atoms. The van der Waals surface area contributed by atoms with Crippen molar-refractivity contribution >= 4 is 11.6 Å². The van der Waals surface area contributed by atoms with Crippen LogP contribution in [-0.2, 0) is 6.54 Å². The molecular formula is C16H18ClNO3. The van der Waals surface area contributed by atoms with Crippen molar-refractivity contribution in [2.45, 2.75) is 25.9 Å². The Labute approximate surface area is 128 Å². The first-order chi connectivity index (χ1) is 10.0. The van der Waals surface area contributed by atoms with Gasteiger partial charge in [-0.05, 0) is 30.2 Å². The monoisotopic (exact) mass is 307 g/mol. The third kappa shape index (κ3) is 3.60. The van der Waals surface area contributed by atoms with E-state index >= 15 is 0 Å². The van der Waals surface area contributed by atoms with Gasteiger partial charge in [-0.15, -0.1) is 0 Å². The average Bonchev–Trinajstić information content (AvgIpc) is 2.47. The minimum absolute atomic E-state index is 0.0824. The highest BCUT2D eigenvalue weighted by Gasteiger charge is 2.13. The molecule has 0 aliphatic heterocycles. The third-order valence-corrected chi connectivity index (χ3v) is 3.65. The van der Waals surface area contributed by atoms with Gasteiger partial charge >= 0.3 is 0 Å². The number of halogens is 1. The molecule has 0 heterocycles. The standard InChI is InChI=1S/C16H18ClNO3/c1-2-13(10-4-3-5-12(17)8-10)18-9-11-6-7-14(19)16(21)15(11)20/h3-8,13,18-21H,2,9H2,1H3. The van der Waals surface area contributed by atoms with Gasteiger partial charge in [-0.25, -0.2) is 0 Å². The summed E-state index contributed by atoms with van der Waals surface area (Å²) in [5.41, 5.74) is 1.58. The molecule has 0 aliphatic carbocycles. The van der Waals surface area contributed by atoms with Crippen molar-refractivity contribution in [3.05, 3.63) is 52.5 Å². The van der Waals surface area contributed by atoms with Gasteiger partial charge < -0.3 is 20.6 Å². The van der Waals surface area contributed by atoms with E-state index in [4.69, 9.17) is 11.6 Å². The lowest BCUT2D eigenvalue weighted by molar-refractivity contribution is 0.363. The second kappa shape index (κ2) is 6.70. The first-order valence-corrected chi connectivity index (χ1v) is 7.12. The molecule has 0 saturated carbocycles. The van der Waals surface area contributed by atoms with Crippen LogP contribution >= 0.6 is 11.6 Å². The number of rotatable bonds is 5. The number of nitrogens with one attached hydrogen (secondary N) is 1. The summed E-state index contributed by atoms with van der Waals surface area (Å²) in [6, 6.07) is 10.6. The summed E-state index contributed by atoms with van der Waals surface area (Å²) < 4.78 is 0. The first-order valence-electron chi connectivity index (χ1n) is 6.74. The summed E-state index contributed by atoms with van der Waals surface area (Å²) in [7, 11) is 0. The van der Waals surface area contributed by atoms with Crippen LogP contribution in [0.3, 0.4) is 0 Å². The van der Waals surface area contributed by atoms with Crippen LogP contribution in [0.5, 0.6) is 17.2 Å². The Morgan fingerprint density at radius 2 is 1.86 bits per heavy atom. The minimum Gasteiger partial charge on any atom is -0.504 e. The molecule has 4 nitrogen and oxygen atoms in total. The largest absolute Gasteiger partial charge is 0.504 e. The van der Waals surface area contributed by atoms with Gasteiger partial charge in [0.1, 0.15) is 0 Å². The van der Waals surface area contributed by atoms with Gasteiger partial charge in [-0.3, -0.25) is 0 Å². The summed E-state index contributed by atoms with van der Waals surface area (Å²) in [5.74, 6) is -1.13. The average molecular weight is 308 g/mol. The minimum atomic E-state index is -0.495. The van der Waals surface area contributed by atoms with Gasteiger partial charge in [0.25, 0.3) is 0 Å². The number of hydrogen-bond acceptors (Lipinski definition) is 4. The van der Waals surface area contributed by atoms with E-state index in [-0.39, 0.29) is 17.5 Å². The van der Waals surface area contributed by atoms with Gasteiger partial charge in [-0.2, -0.15) is 0 Å². The first kappa shape index (κ1) is 15.5. The SMILES string of the molecule is CCC(NCc1ccc(O)c(O)c1O)c1cccc(Cl)c1. The van der Waals surface area contributed by atoms with Gasteiger partial charge in [0.05, 0.1) is 0 Å². The Bertz CT molecular complexity index is 631. The zero-order chi connectivity index (χ0) is 15.4. The molecule has 2 aromatic carbocycles. The molecule has 0 bridgehead atoms. The maximum absolute atomic E-state index is 9.81. The molecule has 0 radical (unpaired) electrons. The van der Waals surface area contributed by atoms with Crippen molar-refractivity contribution < 1.29 is 15.3 Å².